The number of amides is 1. The quantitative estimate of drug-likeness (QED) is 0.740. The van der Waals surface area contributed by atoms with Gasteiger partial charge in [0.2, 0.25) is 5.91 Å². The van der Waals surface area contributed by atoms with Gasteiger partial charge < -0.3 is 10.0 Å². The highest BCUT2D eigenvalue weighted by molar-refractivity contribution is 5.87. The minimum Gasteiger partial charge on any atom is -0.481 e. The van der Waals surface area contributed by atoms with Crippen LogP contribution in [0.15, 0.2) is 12.2 Å². The number of hydrogen-bond donors (Lipinski definition) is 1. The van der Waals surface area contributed by atoms with Gasteiger partial charge in [-0.25, -0.2) is 0 Å². The van der Waals surface area contributed by atoms with Crippen LogP contribution in [0.3, 0.4) is 0 Å². The zero-order valence-electron chi connectivity index (χ0n) is 9.69. The van der Waals surface area contributed by atoms with E-state index in [9.17, 15) is 9.59 Å². The maximum Gasteiger partial charge on any atom is 0.303 e. The summed E-state index contributed by atoms with van der Waals surface area (Å²) in [5, 5.41) is 8.61. The molecule has 0 aromatic rings. The van der Waals surface area contributed by atoms with Crippen LogP contribution < -0.4 is 0 Å². The second kappa shape index (κ2) is 6.30. The molecule has 4 heteroatoms. The van der Waals surface area contributed by atoms with Crippen molar-refractivity contribution in [1.82, 2.24) is 4.90 Å². The number of carbonyl (C=O) groups is 2. The molecule has 0 spiro atoms. The van der Waals surface area contributed by atoms with Crippen LogP contribution in [-0.2, 0) is 9.59 Å². The van der Waals surface area contributed by atoms with Crippen molar-refractivity contribution in [3.63, 3.8) is 0 Å². The van der Waals surface area contributed by atoms with Gasteiger partial charge in [-0.2, -0.15) is 0 Å². The van der Waals surface area contributed by atoms with Crippen molar-refractivity contribution in [2.45, 2.75) is 32.6 Å². The zero-order chi connectivity index (χ0) is 12.0. The van der Waals surface area contributed by atoms with E-state index in [1.807, 2.05) is 11.8 Å². The lowest BCUT2D eigenvalue weighted by Gasteiger charge is -2.31. The molecule has 0 aromatic heterocycles. The molecule has 90 valence electrons. The fraction of sp³-hybridized carbons (Fsp3) is 0.667. The van der Waals surface area contributed by atoms with Crippen molar-refractivity contribution < 1.29 is 14.7 Å². The summed E-state index contributed by atoms with van der Waals surface area (Å²) in [6.07, 6.45) is 6.20. The van der Waals surface area contributed by atoms with Gasteiger partial charge in [-0.15, -0.1) is 0 Å². The predicted molar refractivity (Wildman–Crippen MR) is 61.0 cm³/mol. The topological polar surface area (TPSA) is 57.6 Å². The zero-order valence-corrected chi connectivity index (χ0v) is 9.69. The summed E-state index contributed by atoms with van der Waals surface area (Å²) in [5.74, 6) is -0.363. The number of carbonyl (C=O) groups excluding carboxylic acids is 1. The third kappa shape index (κ3) is 4.04. The first kappa shape index (κ1) is 12.7. The minimum absolute atomic E-state index is 0.0440. The normalized spacial score (nSPS) is 21.3. The van der Waals surface area contributed by atoms with E-state index >= 15 is 0 Å². The van der Waals surface area contributed by atoms with Gasteiger partial charge in [-0.3, -0.25) is 9.59 Å². The van der Waals surface area contributed by atoms with Gasteiger partial charge >= 0.3 is 5.97 Å². The molecule has 0 saturated carbocycles. The van der Waals surface area contributed by atoms with Crippen LogP contribution >= 0.6 is 0 Å². The van der Waals surface area contributed by atoms with Crippen molar-refractivity contribution in [3.05, 3.63) is 12.2 Å². The van der Waals surface area contributed by atoms with Gasteiger partial charge in [-0.1, -0.05) is 6.08 Å². The molecular weight excluding hydrogens is 206 g/mol. The molecule has 0 bridgehead atoms. The van der Waals surface area contributed by atoms with Crippen LogP contribution in [0, 0.1) is 5.92 Å². The highest BCUT2D eigenvalue weighted by Crippen LogP contribution is 2.21. The van der Waals surface area contributed by atoms with E-state index in [2.05, 4.69) is 0 Å². The summed E-state index contributed by atoms with van der Waals surface area (Å²) >= 11 is 0. The van der Waals surface area contributed by atoms with E-state index in [4.69, 9.17) is 5.11 Å². The number of rotatable bonds is 4. The number of carboxylic acids is 1. The second-order valence-corrected chi connectivity index (χ2v) is 4.22. The third-order valence-corrected chi connectivity index (χ3v) is 2.91. The van der Waals surface area contributed by atoms with Crippen LogP contribution in [0.1, 0.15) is 32.6 Å². The highest BCUT2D eigenvalue weighted by Gasteiger charge is 2.22. The number of likely N-dealkylation sites (tertiary alicyclic amines) is 1. The number of piperidine rings is 1. The molecule has 1 N–H and O–H groups in total. The molecule has 1 heterocycles. The Morgan fingerprint density at radius 3 is 2.88 bits per heavy atom. The Morgan fingerprint density at radius 1 is 1.50 bits per heavy atom. The second-order valence-electron chi connectivity index (χ2n) is 4.22. The molecular formula is C12H19NO3. The fourth-order valence-corrected chi connectivity index (χ4v) is 2.08. The maximum absolute atomic E-state index is 11.6. The fourth-order valence-electron chi connectivity index (χ4n) is 2.08. The average molecular weight is 225 g/mol. The van der Waals surface area contributed by atoms with E-state index in [-0.39, 0.29) is 12.3 Å². The van der Waals surface area contributed by atoms with E-state index in [0.717, 1.165) is 19.4 Å². The number of nitrogens with zero attached hydrogens (tertiary/aromatic N) is 1. The molecule has 1 fully saturated rings. The van der Waals surface area contributed by atoms with Gasteiger partial charge in [0.05, 0.1) is 0 Å². The van der Waals surface area contributed by atoms with Gasteiger partial charge in [0.15, 0.2) is 0 Å². The van der Waals surface area contributed by atoms with E-state index in [1.165, 1.54) is 0 Å². The molecule has 0 aliphatic carbocycles. The first-order valence-corrected chi connectivity index (χ1v) is 5.77. The molecule has 1 amide bonds. The lowest BCUT2D eigenvalue weighted by molar-refractivity contribution is -0.137. The molecule has 1 saturated heterocycles. The molecule has 1 unspecified atom stereocenters. The van der Waals surface area contributed by atoms with Gasteiger partial charge in [0.25, 0.3) is 0 Å². The SMILES string of the molecule is CC=CC(=O)N1CCCC(CCC(=O)O)C1. The summed E-state index contributed by atoms with van der Waals surface area (Å²) < 4.78 is 0. The van der Waals surface area contributed by atoms with Crippen LogP contribution in [0.25, 0.3) is 0 Å². The van der Waals surface area contributed by atoms with Crippen molar-refractivity contribution in [1.29, 1.82) is 0 Å². The smallest absolute Gasteiger partial charge is 0.303 e. The molecule has 1 aliphatic heterocycles. The van der Waals surface area contributed by atoms with Crippen molar-refractivity contribution >= 4 is 11.9 Å². The predicted octanol–water partition coefficient (Wildman–Crippen LogP) is 1.67. The highest BCUT2D eigenvalue weighted by atomic mass is 16.4. The Morgan fingerprint density at radius 2 is 2.25 bits per heavy atom. The first-order chi connectivity index (χ1) is 7.63. The van der Waals surface area contributed by atoms with Gasteiger partial charge in [-0.05, 0) is 38.2 Å². The Balaban J connectivity index is 2.40. The molecule has 1 aliphatic rings. The third-order valence-electron chi connectivity index (χ3n) is 2.91. The van der Waals surface area contributed by atoms with E-state index in [1.54, 1.807) is 12.2 Å². The Kier molecular flexibility index (Phi) is 5.02. The molecule has 1 atom stereocenters. The maximum atomic E-state index is 11.6. The number of aliphatic carboxylic acids is 1. The van der Waals surface area contributed by atoms with Gasteiger partial charge in [0.1, 0.15) is 0 Å². The minimum atomic E-state index is -0.753. The lowest BCUT2D eigenvalue weighted by atomic mass is 9.93. The Bertz CT molecular complexity index is 286. The number of carboxylic acid groups (broad SMARTS) is 1. The largest absolute Gasteiger partial charge is 0.481 e. The summed E-state index contributed by atoms with van der Waals surface area (Å²) in [6, 6.07) is 0. The molecule has 0 aromatic carbocycles. The summed E-state index contributed by atoms with van der Waals surface area (Å²) in [5.41, 5.74) is 0. The summed E-state index contributed by atoms with van der Waals surface area (Å²) in [6.45, 7) is 3.33. The lowest BCUT2D eigenvalue weighted by Crippen LogP contribution is -2.39. The molecule has 0 radical (unpaired) electrons. The Labute approximate surface area is 95.9 Å². The van der Waals surface area contributed by atoms with Crippen LogP contribution in [0.4, 0.5) is 0 Å². The molecule has 4 nitrogen and oxygen atoms in total. The Hall–Kier alpha value is -1.32. The van der Waals surface area contributed by atoms with Crippen LogP contribution in [0.2, 0.25) is 0 Å². The first-order valence-electron chi connectivity index (χ1n) is 5.77. The molecule has 16 heavy (non-hydrogen) atoms. The average Bonchev–Trinajstić information content (AvgIpc) is 2.27. The summed E-state index contributed by atoms with van der Waals surface area (Å²) in [7, 11) is 0. The van der Waals surface area contributed by atoms with Crippen molar-refractivity contribution in [3.8, 4) is 0 Å². The van der Waals surface area contributed by atoms with E-state index in [0.29, 0.717) is 18.9 Å². The number of hydrogen-bond acceptors (Lipinski definition) is 2. The monoisotopic (exact) mass is 225 g/mol. The van der Waals surface area contributed by atoms with Crippen molar-refractivity contribution in [2.24, 2.45) is 5.92 Å². The van der Waals surface area contributed by atoms with Crippen LogP contribution in [0.5, 0.6) is 0 Å². The molecule has 1 rings (SSSR count). The van der Waals surface area contributed by atoms with Crippen molar-refractivity contribution in [2.75, 3.05) is 13.1 Å². The van der Waals surface area contributed by atoms with E-state index < -0.39 is 5.97 Å². The summed E-state index contributed by atoms with van der Waals surface area (Å²) in [4.78, 5) is 23.9. The van der Waals surface area contributed by atoms with Gasteiger partial charge in [0, 0.05) is 19.5 Å². The standard InChI is InChI=1S/C12H19NO3/c1-2-4-11(14)13-8-3-5-10(9-13)6-7-12(15)16/h2,4,10H,3,5-9H2,1H3,(H,15,16). The number of allylic oxidation sites excluding steroid dienone is 1. The van der Waals surface area contributed by atoms with Crippen LogP contribution in [-0.4, -0.2) is 35.0 Å².